The smallest absolute Gasteiger partial charge is 0.286 e. The molecular weight excluding hydrogens is 224 g/mol. The normalized spacial score (nSPS) is 13.8. The minimum absolute atomic E-state index is 0.171. The number of unbranched alkanes of at least 4 members (excludes halogenated alkanes) is 2. The summed E-state index contributed by atoms with van der Waals surface area (Å²) in [5, 5.41) is 11.0. The van der Waals surface area contributed by atoms with Gasteiger partial charge in [0.15, 0.2) is 5.76 Å². The van der Waals surface area contributed by atoms with Crippen LogP contribution in [0.2, 0.25) is 0 Å². The number of carbonyl (C=O) groups is 2. The van der Waals surface area contributed by atoms with E-state index in [0.717, 1.165) is 19.3 Å². The predicted octanol–water partition coefficient (Wildman–Crippen LogP) is 0.473. The van der Waals surface area contributed by atoms with Crippen molar-refractivity contribution in [1.29, 1.82) is 0 Å². The summed E-state index contributed by atoms with van der Waals surface area (Å²) in [6, 6.07) is 0. The van der Waals surface area contributed by atoms with Gasteiger partial charge in [-0.1, -0.05) is 6.42 Å². The van der Waals surface area contributed by atoms with Crippen LogP contribution in [0.3, 0.4) is 0 Å². The van der Waals surface area contributed by atoms with E-state index >= 15 is 0 Å². The molecule has 3 N–H and O–H groups in total. The topological polar surface area (TPSA) is 87.7 Å². The van der Waals surface area contributed by atoms with Gasteiger partial charge in [-0.3, -0.25) is 14.8 Å². The van der Waals surface area contributed by atoms with Gasteiger partial charge in [0.1, 0.15) is 0 Å². The molecule has 0 aliphatic carbocycles. The zero-order chi connectivity index (χ0) is 12.5. The number of hydrogen-bond acceptors (Lipinski definition) is 4. The molecule has 96 valence electrons. The molecule has 1 heterocycles. The van der Waals surface area contributed by atoms with E-state index in [2.05, 4.69) is 5.32 Å². The van der Waals surface area contributed by atoms with Gasteiger partial charge < -0.3 is 10.1 Å². The molecule has 1 aliphatic heterocycles. The van der Waals surface area contributed by atoms with Crippen LogP contribution in [-0.2, 0) is 14.3 Å². The Kier molecular flexibility index (Phi) is 6.09. The van der Waals surface area contributed by atoms with E-state index < -0.39 is 0 Å². The molecule has 0 atom stereocenters. The van der Waals surface area contributed by atoms with E-state index in [1.54, 1.807) is 11.6 Å². The number of hydrogen-bond donors (Lipinski definition) is 3. The van der Waals surface area contributed by atoms with Crippen LogP contribution < -0.4 is 10.8 Å². The molecule has 17 heavy (non-hydrogen) atoms. The Morgan fingerprint density at radius 3 is 2.82 bits per heavy atom. The first-order chi connectivity index (χ1) is 8.24. The van der Waals surface area contributed by atoms with Crippen molar-refractivity contribution < 1.29 is 19.5 Å². The molecule has 0 saturated carbocycles. The van der Waals surface area contributed by atoms with Crippen LogP contribution >= 0.6 is 0 Å². The molecule has 6 nitrogen and oxygen atoms in total. The van der Waals surface area contributed by atoms with E-state index in [1.165, 1.54) is 0 Å². The summed E-state index contributed by atoms with van der Waals surface area (Å²) in [7, 11) is 0. The van der Waals surface area contributed by atoms with Crippen molar-refractivity contribution in [2.24, 2.45) is 0 Å². The fourth-order valence-corrected chi connectivity index (χ4v) is 1.51. The largest absolute Gasteiger partial charge is 0.488 e. The third kappa shape index (κ3) is 5.35. The Balaban J connectivity index is 1.97. The molecule has 0 spiro atoms. The van der Waals surface area contributed by atoms with E-state index in [4.69, 9.17) is 9.94 Å². The highest BCUT2D eigenvalue weighted by molar-refractivity contribution is 5.91. The zero-order valence-corrected chi connectivity index (χ0v) is 9.70. The van der Waals surface area contributed by atoms with Crippen molar-refractivity contribution in [2.45, 2.75) is 32.1 Å². The van der Waals surface area contributed by atoms with Crippen LogP contribution in [0.5, 0.6) is 0 Å². The molecule has 0 aromatic carbocycles. The lowest BCUT2D eigenvalue weighted by Gasteiger charge is -2.05. The van der Waals surface area contributed by atoms with Crippen LogP contribution in [0.1, 0.15) is 32.1 Å². The summed E-state index contributed by atoms with van der Waals surface area (Å²) in [5.74, 6) is -0.140. The summed E-state index contributed by atoms with van der Waals surface area (Å²) in [6.07, 6.45) is 5.20. The summed E-state index contributed by atoms with van der Waals surface area (Å²) in [5.41, 5.74) is 1.58. The number of rotatable bonds is 7. The van der Waals surface area contributed by atoms with E-state index in [0.29, 0.717) is 31.8 Å². The molecule has 1 aliphatic rings. The first-order valence-electron chi connectivity index (χ1n) is 5.78. The summed E-state index contributed by atoms with van der Waals surface area (Å²) in [4.78, 5) is 22.1. The number of carbonyl (C=O) groups excluding carboxylic acids is 2. The minimum atomic E-state index is -0.376. The maximum Gasteiger partial charge on any atom is 0.286 e. The number of hydroxylamine groups is 1. The Bertz CT molecular complexity index is 302. The molecule has 0 unspecified atom stereocenters. The molecule has 0 aromatic heterocycles. The zero-order valence-electron chi connectivity index (χ0n) is 9.70. The second-order valence-corrected chi connectivity index (χ2v) is 3.81. The average Bonchev–Trinajstić information content (AvgIpc) is 2.86. The van der Waals surface area contributed by atoms with Gasteiger partial charge in [-0.15, -0.1) is 0 Å². The van der Waals surface area contributed by atoms with Gasteiger partial charge in [-0.2, -0.15) is 0 Å². The van der Waals surface area contributed by atoms with Crippen LogP contribution in [0.25, 0.3) is 0 Å². The van der Waals surface area contributed by atoms with Gasteiger partial charge in [-0.25, -0.2) is 5.48 Å². The number of ether oxygens (including phenoxy) is 1. The number of nitrogens with one attached hydrogen (secondary N) is 2. The molecule has 2 amide bonds. The Morgan fingerprint density at radius 2 is 2.18 bits per heavy atom. The van der Waals surface area contributed by atoms with Crippen molar-refractivity contribution in [1.82, 2.24) is 10.8 Å². The maximum absolute atomic E-state index is 11.4. The first-order valence-corrected chi connectivity index (χ1v) is 5.78. The molecule has 0 aromatic rings. The van der Waals surface area contributed by atoms with Gasteiger partial charge in [-0.05, 0) is 18.9 Å². The maximum atomic E-state index is 11.4. The molecule has 0 fully saturated rings. The Morgan fingerprint density at radius 1 is 1.35 bits per heavy atom. The monoisotopic (exact) mass is 242 g/mol. The van der Waals surface area contributed by atoms with E-state index in [1.807, 2.05) is 0 Å². The summed E-state index contributed by atoms with van der Waals surface area (Å²) < 4.78 is 5.11. The lowest BCUT2D eigenvalue weighted by molar-refractivity contribution is -0.129. The Hall–Kier alpha value is -1.56. The van der Waals surface area contributed by atoms with Crippen molar-refractivity contribution in [3.8, 4) is 0 Å². The summed E-state index contributed by atoms with van der Waals surface area (Å²) >= 11 is 0. The fourth-order valence-electron chi connectivity index (χ4n) is 1.51. The fraction of sp³-hybridized carbons (Fsp3) is 0.636. The second-order valence-electron chi connectivity index (χ2n) is 3.81. The van der Waals surface area contributed by atoms with Crippen molar-refractivity contribution in [3.05, 3.63) is 11.8 Å². The highest BCUT2D eigenvalue weighted by Gasteiger charge is 2.13. The summed E-state index contributed by atoms with van der Waals surface area (Å²) in [6.45, 7) is 1.15. The average molecular weight is 242 g/mol. The van der Waals surface area contributed by atoms with Crippen LogP contribution in [0, 0.1) is 0 Å². The lowest BCUT2D eigenvalue weighted by Crippen LogP contribution is -2.26. The van der Waals surface area contributed by atoms with E-state index in [-0.39, 0.29) is 11.8 Å². The van der Waals surface area contributed by atoms with Crippen LogP contribution in [-0.4, -0.2) is 30.2 Å². The van der Waals surface area contributed by atoms with Crippen molar-refractivity contribution in [2.75, 3.05) is 13.2 Å². The molecule has 1 rings (SSSR count). The third-order valence-electron chi connectivity index (χ3n) is 2.42. The lowest BCUT2D eigenvalue weighted by atomic mass is 10.2. The Labute approximate surface area is 100.0 Å². The van der Waals surface area contributed by atoms with Gasteiger partial charge in [0, 0.05) is 19.4 Å². The third-order valence-corrected chi connectivity index (χ3v) is 2.42. The SMILES string of the molecule is O=C(CCCCCNC(=O)C1=CCCO1)NO. The van der Waals surface area contributed by atoms with Crippen LogP contribution in [0.15, 0.2) is 11.8 Å². The van der Waals surface area contributed by atoms with Crippen molar-refractivity contribution in [3.63, 3.8) is 0 Å². The van der Waals surface area contributed by atoms with E-state index in [9.17, 15) is 9.59 Å². The van der Waals surface area contributed by atoms with Gasteiger partial charge in [0.2, 0.25) is 5.91 Å². The molecular formula is C11H18N2O4. The standard InChI is InChI=1S/C11H18N2O4/c14-10(13-16)6-2-1-3-7-12-11(15)9-5-4-8-17-9/h5,16H,1-4,6-8H2,(H,12,15)(H,13,14). The molecule has 6 heteroatoms. The predicted molar refractivity (Wildman–Crippen MR) is 60.1 cm³/mol. The van der Waals surface area contributed by atoms with Crippen molar-refractivity contribution >= 4 is 11.8 Å². The van der Waals surface area contributed by atoms with Gasteiger partial charge >= 0.3 is 0 Å². The van der Waals surface area contributed by atoms with Gasteiger partial charge in [0.25, 0.3) is 5.91 Å². The molecule has 0 radical (unpaired) electrons. The highest BCUT2D eigenvalue weighted by Crippen LogP contribution is 2.08. The number of amides is 2. The highest BCUT2D eigenvalue weighted by atomic mass is 16.5. The molecule has 0 saturated heterocycles. The van der Waals surface area contributed by atoms with Crippen LogP contribution in [0.4, 0.5) is 0 Å². The molecule has 0 bridgehead atoms. The van der Waals surface area contributed by atoms with Gasteiger partial charge in [0.05, 0.1) is 6.61 Å². The second kappa shape index (κ2) is 7.67. The minimum Gasteiger partial charge on any atom is -0.488 e. The first kappa shape index (κ1) is 13.5. The quantitative estimate of drug-likeness (QED) is 0.344.